The van der Waals surface area contributed by atoms with Crippen molar-refractivity contribution in [2.75, 3.05) is 7.05 Å². The van der Waals surface area contributed by atoms with Gasteiger partial charge in [-0.25, -0.2) is 14.6 Å². The summed E-state index contributed by atoms with van der Waals surface area (Å²) in [4.78, 5) is 40.1. The van der Waals surface area contributed by atoms with Crippen LogP contribution >= 0.6 is 0 Å². The van der Waals surface area contributed by atoms with E-state index in [1.54, 1.807) is 19.4 Å². The molecule has 2 amide bonds. The molecular weight excluding hydrogens is 432 g/mol. The highest BCUT2D eigenvalue weighted by Crippen LogP contribution is 2.25. The SMILES string of the molecule is CNC(=O)CCCCC[C@H](NC(=O)Cn1cncn1)c1ncc(-c2ccc3ccncc3c2)[nH]1. The van der Waals surface area contributed by atoms with E-state index in [0.29, 0.717) is 18.7 Å². The van der Waals surface area contributed by atoms with Crippen LogP contribution in [0.2, 0.25) is 0 Å². The molecule has 3 N–H and O–H groups in total. The minimum absolute atomic E-state index is 0.0407. The Morgan fingerprint density at radius 1 is 1.06 bits per heavy atom. The molecule has 0 bridgehead atoms. The Labute approximate surface area is 197 Å². The van der Waals surface area contributed by atoms with Crippen LogP contribution < -0.4 is 10.6 Å². The molecule has 0 spiro atoms. The van der Waals surface area contributed by atoms with Crippen molar-refractivity contribution in [3.63, 3.8) is 0 Å². The van der Waals surface area contributed by atoms with E-state index in [2.05, 4.69) is 47.8 Å². The summed E-state index contributed by atoms with van der Waals surface area (Å²) >= 11 is 0. The first-order valence-electron chi connectivity index (χ1n) is 11.3. The smallest absolute Gasteiger partial charge is 0.242 e. The van der Waals surface area contributed by atoms with Crippen LogP contribution in [0.15, 0.2) is 55.5 Å². The predicted octanol–water partition coefficient (Wildman–Crippen LogP) is 2.77. The van der Waals surface area contributed by atoms with Crippen LogP contribution in [0.3, 0.4) is 0 Å². The topological polar surface area (TPSA) is 130 Å². The van der Waals surface area contributed by atoms with Gasteiger partial charge in [-0.3, -0.25) is 14.6 Å². The molecule has 0 aliphatic heterocycles. The molecule has 3 heterocycles. The monoisotopic (exact) mass is 460 g/mol. The number of carbonyl (C=O) groups is 2. The van der Waals surface area contributed by atoms with Crippen molar-refractivity contribution in [1.29, 1.82) is 0 Å². The Morgan fingerprint density at radius 2 is 1.97 bits per heavy atom. The third kappa shape index (κ3) is 6.03. The molecule has 1 atom stereocenters. The number of benzene rings is 1. The van der Waals surface area contributed by atoms with Gasteiger partial charge in [-0.05, 0) is 30.4 Å². The number of carbonyl (C=O) groups excluding carboxylic acids is 2. The van der Waals surface area contributed by atoms with Crippen LogP contribution in [0.5, 0.6) is 0 Å². The summed E-state index contributed by atoms with van der Waals surface area (Å²) in [6, 6.07) is 7.85. The van der Waals surface area contributed by atoms with E-state index in [1.807, 2.05) is 18.3 Å². The van der Waals surface area contributed by atoms with Crippen molar-refractivity contribution in [3.8, 4) is 11.3 Å². The van der Waals surface area contributed by atoms with Gasteiger partial charge in [0.25, 0.3) is 0 Å². The van der Waals surface area contributed by atoms with Gasteiger partial charge >= 0.3 is 0 Å². The number of imidazole rings is 1. The maximum absolute atomic E-state index is 12.6. The number of nitrogens with zero attached hydrogens (tertiary/aromatic N) is 5. The Morgan fingerprint density at radius 3 is 2.79 bits per heavy atom. The Hall–Kier alpha value is -4.08. The third-order valence-electron chi connectivity index (χ3n) is 5.66. The fourth-order valence-electron chi connectivity index (χ4n) is 3.83. The fourth-order valence-corrected chi connectivity index (χ4v) is 3.83. The number of aromatic nitrogens is 6. The largest absolute Gasteiger partial charge is 0.359 e. The number of H-pyrrole nitrogens is 1. The van der Waals surface area contributed by atoms with E-state index >= 15 is 0 Å². The molecule has 0 saturated carbocycles. The van der Waals surface area contributed by atoms with Crippen molar-refractivity contribution in [3.05, 3.63) is 61.3 Å². The molecule has 10 nitrogen and oxygen atoms in total. The van der Waals surface area contributed by atoms with Gasteiger partial charge in [-0.2, -0.15) is 5.10 Å². The fraction of sp³-hybridized carbons (Fsp3) is 0.333. The molecule has 0 aliphatic rings. The number of fused-ring (bicyclic) bond motifs is 1. The Kier molecular flexibility index (Phi) is 7.59. The van der Waals surface area contributed by atoms with Gasteiger partial charge in [0, 0.05) is 36.8 Å². The van der Waals surface area contributed by atoms with Crippen molar-refractivity contribution in [2.24, 2.45) is 0 Å². The molecule has 0 aliphatic carbocycles. The van der Waals surface area contributed by atoms with Gasteiger partial charge in [0.1, 0.15) is 25.0 Å². The first kappa shape index (κ1) is 23.1. The van der Waals surface area contributed by atoms with Crippen LogP contribution in [-0.2, 0) is 16.1 Å². The summed E-state index contributed by atoms with van der Waals surface area (Å²) in [5.41, 5.74) is 1.87. The second-order valence-electron chi connectivity index (χ2n) is 8.11. The van der Waals surface area contributed by atoms with E-state index < -0.39 is 0 Å². The van der Waals surface area contributed by atoms with Crippen molar-refractivity contribution < 1.29 is 9.59 Å². The summed E-state index contributed by atoms with van der Waals surface area (Å²) in [5.74, 6) is 0.564. The van der Waals surface area contributed by atoms with Crippen LogP contribution in [-0.4, -0.2) is 48.6 Å². The first-order valence-corrected chi connectivity index (χ1v) is 11.3. The van der Waals surface area contributed by atoms with Gasteiger partial charge < -0.3 is 15.6 Å². The molecule has 0 unspecified atom stereocenters. The van der Waals surface area contributed by atoms with Gasteiger partial charge in [-0.1, -0.05) is 25.0 Å². The molecular formula is C24H28N8O2. The number of pyridine rings is 1. The number of amides is 2. The summed E-state index contributed by atoms with van der Waals surface area (Å²) in [5, 5.41) is 11.9. The van der Waals surface area contributed by atoms with Gasteiger partial charge in [0.15, 0.2) is 0 Å². The summed E-state index contributed by atoms with van der Waals surface area (Å²) in [6.07, 6.45) is 12.0. The van der Waals surface area contributed by atoms with E-state index in [-0.39, 0.29) is 24.4 Å². The van der Waals surface area contributed by atoms with Crippen LogP contribution in [0.4, 0.5) is 0 Å². The summed E-state index contributed by atoms with van der Waals surface area (Å²) in [7, 11) is 1.64. The minimum Gasteiger partial charge on any atom is -0.359 e. The molecule has 0 fully saturated rings. The molecule has 4 aromatic rings. The Balaban J connectivity index is 1.46. The highest BCUT2D eigenvalue weighted by Gasteiger charge is 2.19. The second-order valence-corrected chi connectivity index (χ2v) is 8.11. The van der Waals surface area contributed by atoms with Gasteiger partial charge in [-0.15, -0.1) is 0 Å². The average Bonchev–Trinajstić information content (AvgIpc) is 3.55. The zero-order valence-electron chi connectivity index (χ0n) is 19.1. The molecule has 0 saturated heterocycles. The van der Waals surface area contributed by atoms with Crippen LogP contribution in [0, 0.1) is 0 Å². The van der Waals surface area contributed by atoms with Gasteiger partial charge in [0.2, 0.25) is 11.8 Å². The van der Waals surface area contributed by atoms with E-state index in [1.165, 1.54) is 17.3 Å². The lowest BCUT2D eigenvalue weighted by Crippen LogP contribution is -2.32. The van der Waals surface area contributed by atoms with Crippen molar-refractivity contribution in [2.45, 2.75) is 44.7 Å². The molecule has 1 aromatic carbocycles. The van der Waals surface area contributed by atoms with Crippen LogP contribution in [0.1, 0.15) is 44.0 Å². The molecule has 34 heavy (non-hydrogen) atoms. The first-order chi connectivity index (χ1) is 16.6. The molecule has 4 rings (SSSR count). The summed E-state index contributed by atoms with van der Waals surface area (Å²) in [6.45, 7) is 0.0818. The molecule has 3 aromatic heterocycles. The van der Waals surface area contributed by atoms with Crippen LogP contribution in [0.25, 0.3) is 22.0 Å². The zero-order chi connectivity index (χ0) is 23.8. The van der Waals surface area contributed by atoms with E-state index in [0.717, 1.165) is 41.3 Å². The minimum atomic E-state index is -0.285. The summed E-state index contributed by atoms with van der Waals surface area (Å²) < 4.78 is 1.48. The number of hydrogen-bond acceptors (Lipinski definition) is 6. The lowest BCUT2D eigenvalue weighted by atomic mass is 10.1. The number of unbranched alkanes of at least 4 members (excludes halogenated alkanes) is 2. The standard InChI is InChI=1S/C24H28N8O2/c1-25-22(33)6-4-2-3-5-20(30-23(34)14-32-16-27-15-29-32)24-28-13-21(31-24)18-8-7-17-9-10-26-12-19(17)11-18/h7-13,15-16,20H,2-6,14H2,1H3,(H,25,33)(H,28,31)(H,30,34)/t20-/m0/s1. The zero-order valence-corrected chi connectivity index (χ0v) is 19.1. The van der Waals surface area contributed by atoms with Gasteiger partial charge in [0.05, 0.1) is 17.9 Å². The quantitative estimate of drug-likeness (QED) is 0.295. The third-order valence-corrected chi connectivity index (χ3v) is 5.66. The van der Waals surface area contributed by atoms with E-state index in [4.69, 9.17) is 0 Å². The van der Waals surface area contributed by atoms with Crippen molar-refractivity contribution in [1.82, 2.24) is 40.3 Å². The molecule has 10 heteroatoms. The number of aromatic amines is 1. The lowest BCUT2D eigenvalue weighted by molar-refractivity contribution is -0.123. The molecule has 0 radical (unpaired) electrons. The average molecular weight is 461 g/mol. The number of rotatable bonds is 11. The molecule has 176 valence electrons. The maximum atomic E-state index is 12.6. The maximum Gasteiger partial charge on any atom is 0.242 e. The lowest BCUT2D eigenvalue weighted by Gasteiger charge is -2.17. The highest BCUT2D eigenvalue weighted by atomic mass is 16.2. The normalized spacial score (nSPS) is 11.9. The number of hydrogen-bond donors (Lipinski definition) is 3. The van der Waals surface area contributed by atoms with Crippen molar-refractivity contribution >= 4 is 22.6 Å². The van der Waals surface area contributed by atoms with E-state index in [9.17, 15) is 9.59 Å². The number of nitrogens with one attached hydrogen (secondary N) is 3. The predicted molar refractivity (Wildman–Crippen MR) is 127 cm³/mol. The Bertz CT molecular complexity index is 1230. The second kappa shape index (κ2) is 11.2. The highest BCUT2D eigenvalue weighted by molar-refractivity contribution is 5.86.